The summed E-state index contributed by atoms with van der Waals surface area (Å²) in [7, 11) is 3.50. The smallest absolute Gasteiger partial charge is 0.142 e. The van der Waals surface area contributed by atoms with E-state index in [1.165, 1.54) is 6.07 Å². The predicted molar refractivity (Wildman–Crippen MR) is 59.8 cm³/mol. The minimum Gasteiger partial charge on any atom is -0.383 e. The Balaban J connectivity index is 2.66. The molecule has 0 aromatic heterocycles. The molecule has 0 aliphatic carbocycles. The first-order chi connectivity index (χ1) is 7.17. The van der Waals surface area contributed by atoms with E-state index in [0.29, 0.717) is 6.61 Å². The molecule has 1 rings (SSSR count). The van der Waals surface area contributed by atoms with Crippen molar-refractivity contribution in [2.24, 2.45) is 0 Å². The van der Waals surface area contributed by atoms with Gasteiger partial charge in [0.05, 0.1) is 11.6 Å². The van der Waals surface area contributed by atoms with Gasteiger partial charge in [0.15, 0.2) is 0 Å². The Hall–Kier alpha value is -0.640. The second kappa shape index (κ2) is 6.05. The second-order valence-corrected chi connectivity index (χ2v) is 3.80. The summed E-state index contributed by atoms with van der Waals surface area (Å²) in [5, 5.41) is 3.26. The third-order valence-corrected chi connectivity index (χ3v) is 2.55. The Bertz CT molecular complexity index is 319. The molecule has 0 saturated heterocycles. The summed E-state index contributed by atoms with van der Waals surface area (Å²) >= 11 is 5.60. The molecule has 84 valence electrons. The Morgan fingerprint density at radius 3 is 2.80 bits per heavy atom. The number of hydrogen-bond donors (Lipinski definition) is 1. The van der Waals surface area contributed by atoms with Crippen LogP contribution in [0.2, 0.25) is 5.02 Å². The van der Waals surface area contributed by atoms with Gasteiger partial charge in [-0.1, -0.05) is 17.7 Å². The summed E-state index contributed by atoms with van der Waals surface area (Å²) < 4.78 is 18.2. The van der Waals surface area contributed by atoms with Crippen molar-refractivity contribution in [1.82, 2.24) is 5.32 Å². The van der Waals surface area contributed by atoms with Gasteiger partial charge in [0.1, 0.15) is 5.82 Å². The molecule has 1 N–H and O–H groups in total. The summed E-state index contributed by atoms with van der Waals surface area (Å²) in [6.07, 6.45) is 0.721. The summed E-state index contributed by atoms with van der Waals surface area (Å²) in [6.45, 7) is 0.598. The molecule has 0 spiro atoms. The van der Waals surface area contributed by atoms with Crippen molar-refractivity contribution in [2.45, 2.75) is 12.5 Å². The van der Waals surface area contributed by atoms with Gasteiger partial charge in [-0.25, -0.2) is 4.39 Å². The normalized spacial score (nSPS) is 12.8. The van der Waals surface area contributed by atoms with E-state index in [2.05, 4.69) is 5.32 Å². The average molecular weight is 232 g/mol. The van der Waals surface area contributed by atoms with Crippen LogP contribution in [-0.4, -0.2) is 26.8 Å². The van der Waals surface area contributed by atoms with E-state index < -0.39 is 0 Å². The summed E-state index contributed by atoms with van der Waals surface area (Å²) in [6, 6.07) is 5.05. The first-order valence-electron chi connectivity index (χ1n) is 4.77. The van der Waals surface area contributed by atoms with Gasteiger partial charge < -0.3 is 10.1 Å². The van der Waals surface area contributed by atoms with Gasteiger partial charge in [-0.2, -0.15) is 0 Å². The fourth-order valence-electron chi connectivity index (χ4n) is 1.40. The molecule has 1 atom stereocenters. The number of nitrogens with one attached hydrogen (secondary N) is 1. The minimum absolute atomic E-state index is 0.159. The van der Waals surface area contributed by atoms with Crippen molar-refractivity contribution in [1.29, 1.82) is 0 Å². The summed E-state index contributed by atoms with van der Waals surface area (Å²) in [4.78, 5) is 0. The largest absolute Gasteiger partial charge is 0.383 e. The lowest BCUT2D eigenvalue weighted by molar-refractivity contribution is 0.169. The molecule has 0 aliphatic rings. The molecule has 1 aromatic carbocycles. The molecule has 1 aromatic rings. The van der Waals surface area contributed by atoms with Crippen LogP contribution in [0.3, 0.4) is 0 Å². The minimum atomic E-state index is -0.374. The lowest BCUT2D eigenvalue weighted by Crippen LogP contribution is -2.32. The highest BCUT2D eigenvalue weighted by molar-refractivity contribution is 6.30. The van der Waals surface area contributed by atoms with E-state index in [0.717, 1.165) is 12.0 Å². The maximum Gasteiger partial charge on any atom is 0.142 e. The number of ether oxygens (including phenoxy) is 1. The van der Waals surface area contributed by atoms with Crippen LogP contribution in [0.5, 0.6) is 0 Å². The monoisotopic (exact) mass is 231 g/mol. The van der Waals surface area contributed by atoms with Crippen LogP contribution < -0.4 is 5.32 Å². The highest BCUT2D eigenvalue weighted by Gasteiger charge is 2.08. The first-order valence-corrected chi connectivity index (χ1v) is 5.15. The van der Waals surface area contributed by atoms with Crippen molar-refractivity contribution in [3.05, 3.63) is 34.6 Å². The van der Waals surface area contributed by atoms with Crippen LogP contribution in [0.25, 0.3) is 0 Å². The van der Waals surface area contributed by atoms with E-state index in [1.54, 1.807) is 13.2 Å². The molecular formula is C11H15ClFNO. The molecule has 0 saturated carbocycles. The topological polar surface area (TPSA) is 21.3 Å². The summed E-state index contributed by atoms with van der Waals surface area (Å²) in [5.74, 6) is -0.374. The molecule has 0 aliphatic heterocycles. The zero-order valence-corrected chi connectivity index (χ0v) is 9.64. The molecule has 0 heterocycles. The molecule has 0 fully saturated rings. The van der Waals surface area contributed by atoms with Gasteiger partial charge in [-0.15, -0.1) is 0 Å². The van der Waals surface area contributed by atoms with Crippen molar-refractivity contribution in [3.8, 4) is 0 Å². The maximum absolute atomic E-state index is 13.1. The number of likely N-dealkylation sites (N-methyl/N-ethyl adjacent to an activating group) is 1. The van der Waals surface area contributed by atoms with E-state index >= 15 is 0 Å². The van der Waals surface area contributed by atoms with Crippen LogP contribution in [0.4, 0.5) is 4.39 Å². The predicted octanol–water partition coefficient (Wildman–Crippen LogP) is 2.26. The molecule has 15 heavy (non-hydrogen) atoms. The van der Waals surface area contributed by atoms with E-state index in [9.17, 15) is 4.39 Å². The highest BCUT2D eigenvalue weighted by atomic mass is 35.5. The van der Waals surface area contributed by atoms with Crippen molar-refractivity contribution < 1.29 is 9.13 Å². The van der Waals surface area contributed by atoms with Crippen LogP contribution in [-0.2, 0) is 11.2 Å². The van der Waals surface area contributed by atoms with E-state index in [-0.39, 0.29) is 16.9 Å². The fraction of sp³-hybridized carbons (Fsp3) is 0.455. The molecular weight excluding hydrogens is 217 g/mol. The van der Waals surface area contributed by atoms with Gasteiger partial charge in [0, 0.05) is 13.2 Å². The Morgan fingerprint density at radius 2 is 2.27 bits per heavy atom. The van der Waals surface area contributed by atoms with Crippen LogP contribution in [0.15, 0.2) is 18.2 Å². The van der Waals surface area contributed by atoms with Gasteiger partial charge in [0.2, 0.25) is 0 Å². The van der Waals surface area contributed by atoms with Gasteiger partial charge >= 0.3 is 0 Å². The Morgan fingerprint density at radius 1 is 1.53 bits per heavy atom. The maximum atomic E-state index is 13.1. The molecule has 4 heteroatoms. The zero-order valence-electron chi connectivity index (χ0n) is 8.89. The zero-order chi connectivity index (χ0) is 11.3. The number of rotatable bonds is 5. The number of hydrogen-bond acceptors (Lipinski definition) is 2. The lowest BCUT2D eigenvalue weighted by Gasteiger charge is -2.15. The van der Waals surface area contributed by atoms with Crippen LogP contribution in [0.1, 0.15) is 5.56 Å². The molecule has 0 amide bonds. The van der Waals surface area contributed by atoms with E-state index in [1.807, 2.05) is 13.1 Å². The van der Waals surface area contributed by atoms with E-state index in [4.69, 9.17) is 16.3 Å². The molecule has 0 radical (unpaired) electrons. The van der Waals surface area contributed by atoms with Crippen molar-refractivity contribution in [3.63, 3.8) is 0 Å². The van der Waals surface area contributed by atoms with Crippen molar-refractivity contribution >= 4 is 11.6 Å². The number of benzene rings is 1. The Kier molecular flexibility index (Phi) is 5.02. The van der Waals surface area contributed by atoms with Gasteiger partial charge in [-0.3, -0.25) is 0 Å². The van der Waals surface area contributed by atoms with Crippen molar-refractivity contribution in [2.75, 3.05) is 20.8 Å². The number of halogens is 2. The highest BCUT2D eigenvalue weighted by Crippen LogP contribution is 2.16. The molecule has 2 nitrogen and oxygen atoms in total. The Labute approximate surface area is 94.4 Å². The second-order valence-electron chi connectivity index (χ2n) is 3.39. The van der Waals surface area contributed by atoms with Gasteiger partial charge in [-0.05, 0) is 31.2 Å². The lowest BCUT2D eigenvalue weighted by atomic mass is 10.1. The average Bonchev–Trinajstić information content (AvgIpc) is 2.23. The standard InChI is InChI=1S/C11H15ClFNO/c1-14-9(7-15-2)5-8-3-4-10(12)11(13)6-8/h3-4,6,9,14H,5,7H2,1-2H3. The first kappa shape index (κ1) is 12.4. The third kappa shape index (κ3) is 3.78. The van der Waals surface area contributed by atoms with Crippen LogP contribution in [0, 0.1) is 5.82 Å². The molecule has 0 bridgehead atoms. The quantitative estimate of drug-likeness (QED) is 0.840. The third-order valence-electron chi connectivity index (χ3n) is 2.24. The number of methoxy groups -OCH3 is 1. The fourth-order valence-corrected chi connectivity index (χ4v) is 1.51. The SMILES string of the molecule is CNC(COC)Cc1ccc(Cl)c(F)c1. The molecule has 1 unspecified atom stereocenters. The summed E-state index contributed by atoms with van der Waals surface area (Å²) in [5.41, 5.74) is 0.910. The van der Waals surface area contributed by atoms with Gasteiger partial charge in [0.25, 0.3) is 0 Å². The van der Waals surface area contributed by atoms with Crippen LogP contribution >= 0.6 is 11.6 Å².